The van der Waals surface area contributed by atoms with Crippen LogP contribution in [0, 0.1) is 17.3 Å². The van der Waals surface area contributed by atoms with Gasteiger partial charge in [0.2, 0.25) is 0 Å². The van der Waals surface area contributed by atoms with E-state index in [-0.39, 0.29) is 5.41 Å². The second kappa shape index (κ2) is 3.81. The maximum absolute atomic E-state index is 12.0. The topological polar surface area (TPSA) is 17.1 Å². The van der Waals surface area contributed by atoms with E-state index in [1.165, 1.54) is 12.8 Å². The fourth-order valence-electron chi connectivity index (χ4n) is 2.28. The van der Waals surface area contributed by atoms with Crippen molar-refractivity contribution in [2.75, 3.05) is 0 Å². The Bertz CT molecular complexity index is 188. The van der Waals surface area contributed by atoms with Crippen molar-refractivity contribution >= 4 is 5.78 Å². The van der Waals surface area contributed by atoms with E-state index in [9.17, 15) is 4.79 Å². The Morgan fingerprint density at radius 3 is 2.31 bits per heavy atom. The van der Waals surface area contributed by atoms with E-state index >= 15 is 0 Å². The molecule has 1 fully saturated rings. The van der Waals surface area contributed by atoms with Crippen molar-refractivity contribution in [1.29, 1.82) is 0 Å². The molecule has 0 saturated heterocycles. The molecule has 0 radical (unpaired) electrons. The van der Waals surface area contributed by atoms with Gasteiger partial charge in [-0.2, -0.15) is 0 Å². The van der Waals surface area contributed by atoms with Crippen molar-refractivity contribution in [3.05, 3.63) is 0 Å². The predicted molar refractivity (Wildman–Crippen MR) is 55.6 cm³/mol. The van der Waals surface area contributed by atoms with Crippen LogP contribution < -0.4 is 0 Å². The average molecular weight is 182 g/mol. The SMILES string of the molecule is CC1CCCC(C(=O)C(C)(C)C)C1. The van der Waals surface area contributed by atoms with Crippen molar-refractivity contribution in [1.82, 2.24) is 0 Å². The first kappa shape index (κ1) is 10.7. The van der Waals surface area contributed by atoms with Gasteiger partial charge in [0, 0.05) is 11.3 Å². The molecule has 1 aliphatic rings. The van der Waals surface area contributed by atoms with Gasteiger partial charge >= 0.3 is 0 Å². The minimum Gasteiger partial charge on any atom is -0.299 e. The molecule has 76 valence electrons. The Morgan fingerprint density at radius 2 is 1.85 bits per heavy atom. The van der Waals surface area contributed by atoms with E-state index in [0.29, 0.717) is 11.7 Å². The first-order chi connectivity index (χ1) is 5.91. The maximum atomic E-state index is 12.0. The average Bonchev–Trinajstić information content (AvgIpc) is 2.01. The van der Waals surface area contributed by atoms with Crippen LogP contribution in [-0.2, 0) is 4.79 Å². The second-order valence-electron chi connectivity index (χ2n) is 5.58. The van der Waals surface area contributed by atoms with Crippen LogP contribution in [0.3, 0.4) is 0 Å². The van der Waals surface area contributed by atoms with Gasteiger partial charge in [-0.15, -0.1) is 0 Å². The molecule has 0 spiro atoms. The lowest BCUT2D eigenvalue weighted by Crippen LogP contribution is -2.31. The number of rotatable bonds is 1. The molecule has 0 bridgehead atoms. The summed E-state index contributed by atoms with van der Waals surface area (Å²) in [7, 11) is 0. The van der Waals surface area contributed by atoms with Crippen LogP contribution in [-0.4, -0.2) is 5.78 Å². The van der Waals surface area contributed by atoms with Crippen molar-refractivity contribution in [3.8, 4) is 0 Å². The fraction of sp³-hybridized carbons (Fsp3) is 0.917. The molecule has 13 heavy (non-hydrogen) atoms. The van der Waals surface area contributed by atoms with Gasteiger partial charge in [-0.05, 0) is 18.8 Å². The quantitative estimate of drug-likeness (QED) is 0.607. The highest BCUT2D eigenvalue weighted by atomic mass is 16.1. The molecule has 1 nitrogen and oxygen atoms in total. The van der Waals surface area contributed by atoms with E-state index in [1.54, 1.807) is 0 Å². The van der Waals surface area contributed by atoms with Gasteiger partial charge in [-0.1, -0.05) is 40.5 Å². The lowest BCUT2D eigenvalue weighted by Gasteiger charge is -2.30. The highest BCUT2D eigenvalue weighted by molar-refractivity contribution is 5.86. The second-order valence-corrected chi connectivity index (χ2v) is 5.58. The van der Waals surface area contributed by atoms with Crippen molar-refractivity contribution < 1.29 is 4.79 Å². The van der Waals surface area contributed by atoms with Crippen LogP contribution in [0.5, 0.6) is 0 Å². The molecule has 0 aromatic carbocycles. The third-order valence-corrected chi connectivity index (χ3v) is 3.05. The van der Waals surface area contributed by atoms with Crippen LogP contribution >= 0.6 is 0 Å². The lowest BCUT2D eigenvalue weighted by molar-refractivity contribution is -0.131. The third-order valence-electron chi connectivity index (χ3n) is 3.05. The van der Waals surface area contributed by atoms with E-state index in [1.807, 2.05) is 20.8 Å². The standard InChI is InChI=1S/C12H22O/c1-9-6-5-7-10(8-9)11(13)12(2,3)4/h9-10H,5-8H2,1-4H3. The molecule has 0 amide bonds. The zero-order valence-corrected chi connectivity index (χ0v) is 9.39. The van der Waals surface area contributed by atoms with Crippen LogP contribution in [0.25, 0.3) is 0 Å². The van der Waals surface area contributed by atoms with E-state index < -0.39 is 0 Å². The molecule has 2 unspecified atom stereocenters. The molecule has 0 N–H and O–H groups in total. The summed E-state index contributed by atoms with van der Waals surface area (Å²) in [6, 6.07) is 0. The Morgan fingerprint density at radius 1 is 1.23 bits per heavy atom. The van der Waals surface area contributed by atoms with Gasteiger partial charge < -0.3 is 0 Å². The normalized spacial score (nSPS) is 30.2. The molecule has 1 aliphatic carbocycles. The summed E-state index contributed by atoms with van der Waals surface area (Å²) < 4.78 is 0. The molecule has 1 saturated carbocycles. The van der Waals surface area contributed by atoms with Crippen molar-refractivity contribution in [3.63, 3.8) is 0 Å². The predicted octanol–water partition coefficient (Wildman–Crippen LogP) is 3.43. The number of ketones is 1. The number of hydrogen-bond donors (Lipinski definition) is 0. The zero-order valence-electron chi connectivity index (χ0n) is 9.39. The van der Waals surface area contributed by atoms with Gasteiger partial charge in [0.1, 0.15) is 5.78 Å². The first-order valence-electron chi connectivity index (χ1n) is 5.45. The minimum absolute atomic E-state index is 0.137. The fourth-order valence-corrected chi connectivity index (χ4v) is 2.28. The molecule has 1 rings (SSSR count). The molecule has 0 aliphatic heterocycles. The van der Waals surface area contributed by atoms with Crippen LogP contribution in [0.4, 0.5) is 0 Å². The highest BCUT2D eigenvalue weighted by Gasteiger charge is 2.32. The van der Waals surface area contributed by atoms with Crippen molar-refractivity contribution in [2.24, 2.45) is 17.3 Å². The molecular formula is C12H22O. The van der Waals surface area contributed by atoms with Gasteiger partial charge in [-0.3, -0.25) is 4.79 Å². The Labute approximate surface area is 81.9 Å². The zero-order chi connectivity index (χ0) is 10.1. The summed E-state index contributed by atoms with van der Waals surface area (Å²) in [6.45, 7) is 8.37. The maximum Gasteiger partial charge on any atom is 0.141 e. The van der Waals surface area contributed by atoms with E-state index in [2.05, 4.69) is 6.92 Å². The Hall–Kier alpha value is -0.330. The summed E-state index contributed by atoms with van der Waals surface area (Å²) in [5.41, 5.74) is -0.137. The summed E-state index contributed by atoms with van der Waals surface area (Å²) in [5.74, 6) is 1.58. The Balaban J connectivity index is 2.56. The van der Waals surface area contributed by atoms with Crippen molar-refractivity contribution in [2.45, 2.75) is 53.4 Å². The highest BCUT2D eigenvalue weighted by Crippen LogP contribution is 2.33. The van der Waals surface area contributed by atoms with Gasteiger partial charge in [0.25, 0.3) is 0 Å². The minimum atomic E-state index is -0.137. The summed E-state index contributed by atoms with van der Waals surface area (Å²) in [5, 5.41) is 0. The molecule has 0 aromatic rings. The van der Waals surface area contributed by atoms with Gasteiger partial charge in [-0.25, -0.2) is 0 Å². The molecule has 0 heterocycles. The number of carbonyl (C=O) groups excluding carboxylic acids is 1. The molecule has 0 aromatic heterocycles. The molecular weight excluding hydrogens is 160 g/mol. The number of carbonyl (C=O) groups is 1. The van der Waals surface area contributed by atoms with Crippen LogP contribution in [0.1, 0.15) is 53.4 Å². The molecule has 1 heteroatoms. The Kier molecular flexibility index (Phi) is 3.15. The summed E-state index contributed by atoms with van der Waals surface area (Å²) >= 11 is 0. The first-order valence-corrected chi connectivity index (χ1v) is 5.45. The lowest BCUT2D eigenvalue weighted by atomic mass is 9.73. The largest absolute Gasteiger partial charge is 0.299 e. The van der Waals surface area contributed by atoms with E-state index in [4.69, 9.17) is 0 Å². The van der Waals surface area contributed by atoms with E-state index in [0.717, 1.165) is 18.8 Å². The third kappa shape index (κ3) is 2.82. The number of hydrogen-bond acceptors (Lipinski definition) is 1. The van der Waals surface area contributed by atoms with Crippen LogP contribution in [0.15, 0.2) is 0 Å². The molecule has 2 atom stereocenters. The van der Waals surface area contributed by atoms with Crippen LogP contribution in [0.2, 0.25) is 0 Å². The smallest absolute Gasteiger partial charge is 0.141 e. The summed E-state index contributed by atoms with van der Waals surface area (Å²) in [6.07, 6.45) is 4.80. The number of Topliss-reactive ketones (excluding diaryl/α,β-unsaturated/α-hetero) is 1. The summed E-state index contributed by atoms with van der Waals surface area (Å²) in [4.78, 5) is 12.0. The van der Waals surface area contributed by atoms with Gasteiger partial charge in [0.15, 0.2) is 0 Å². The monoisotopic (exact) mass is 182 g/mol. The van der Waals surface area contributed by atoms with Gasteiger partial charge in [0.05, 0.1) is 0 Å².